The number of fused-ring (bicyclic) bond motifs is 1. The van der Waals surface area contributed by atoms with Gasteiger partial charge in [0, 0.05) is 18.2 Å². The highest BCUT2D eigenvalue weighted by Crippen LogP contribution is 2.31. The van der Waals surface area contributed by atoms with E-state index in [1.165, 1.54) is 36.1 Å². The molecule has 2 aliphatic carbocycles. The lowest BCUT2D eigenvalue weighted by Gasteiger charge is -2.24. The molecule has 0 aliphatic heterocycles. The Hall–Kier alpha value is -2.16. The smallest absolute Gasteiger partial charge is 0.254 e. The first-order chi connectivity index (χ1) is 11.7. The van der Waals surface area contributed by atoms with E-state index in [1.807, 2.05) is 17.0 Å². The Bertz CT molecular complexity index is 766. The van der Waals surface area contributed by atoms with Crippen molar-refractivity contribution in [2.75, 3.05) is 0 Å². The summed E-state index contributed by atoms with van der Waals surface area (Å²) in [6.07, 6.45) is 6.75. The monoisotopic (exact) mass is 323 g/mol. The predicted molar refractivity (Wildman–Crippen MR) is 92.4 cm³/mol. The molecule has 2 nitrogen and oxygen atoms in total. The summed E-state index contributed by atoms with van der Waals surface area (Å²) in [5, 5.41) is 0. The van der Waals surface area contributed by atoms with Crippen LogP contribution < -0.4 is 0 Å². The maximum Gasteiger partial charge on any atom is 0.254 e. The molecule has 0 saturated heterocycles. The lowest BCUT2D eigenvalue weighted by Crippen LogP contribution is -2.32. The SMILES string of the molecule is O=C(c1ccc2c(c1)CCCC2)N(Cc1cccc(F)c1)C1CC1. The zero-order chi connectivity index (χ0) is 16.5. The summed E-state index contributed by atoms with van der Waals surface area (Å²) < 4.78 is 13.4. The molecule has 1 saturated carbocycles. The number of carbonyl (C=O) groups is 1. The predicted octanol–water partition coefficient (Wildman–Crippen LogP) is 4.51. The van der Waals surface area contributed by atoms with Crippen LogP contribution in [-0.2, 0) is 19.4 Å². The van der Waals surface area contributed by atoms with Crippen molar-refractivity contribution in [2.45, 2.75) is 51.1 Å². The minimum Gasteiger partial charge on any atom is -0.331 e. The number of nitrogens with zero attached hydrogens (tertiary/aromatic N) is 1. The van der Waals surface area contributed by atoms with Gasteiger partial charge in [0.15, 0.2) is 0 Å². The van der Waals surface area contributed by atoms with E-state index in [0.29, 0.717) is 12.6 Å². The summed E-state index contributed by atoms with van der Waals surface area (Å²) >= 11 is 0. The summed E-state index contributed by atoms with van der Waals surface area (Å²) in [6.45, 7) is 0.484. The van der Waals surface area contributed by atoms with E-state index in [0.717, 1.165) is 36.8 Å². The molecule has 0 N–H and O–H groups in total. The van der Waals surface area contributed by atoms with Gasteiger partial charge in [0.05, 0.1) is 0 Å². The molecule has 0 bridgehead atoms. The highest BCUT2D eigenvalue weighted by molar-refractivity contribution is 5.95. The maximum absolute atomic E-state index is 13.4. The Morgan fingerprint density at radius 1 is 1.04 bits per heavy atom. The first kappa shape index (κ1) is 15.4. The third-order valence-corrected chi connectivity index (χ3v) is 5.09. The maximum atomic E-state index is 13.4. The standard InChI is InChI=1S/C21H22FNO/c22-19-7-3-4-15(12-19)14-23(20-10-11-20)21(24)18-9-8-16-5-1-2-6-17(16)13-18/h3-4,7-9,12-13,20H,1-2,5-6,10-11,14H2. The van der Waals surface area contributed by atoms with E-state index < -0.39 is 0 Å². The van der Waals surface area contributed by atoms with E-state index in [9.17, 15) is 9.18 Å². The fourth-order valence-electron chi connectivity index (χ4n) is 3.62. The van der Waals surface area contributed by atoms with Gasteiger partial charge in [-0.25, -0.2) is 4.39 Å². The number of hydrogen-bond donors (Lipinski definition) is 0. The first-order valence-electron chi connectivity index (χ1n) is 8.88. The van der Waals surface area contributed by atoms with Crippen molar-refractivity contribution >= 4 is 5.91 Å². The normalized spacial score (nSPS) is 16.5. The van der Waals surface area contributed by atoms with Crippen molar-refractivity contribution < 1.29 is 9.18 Å². The molecule has 1 amide bonds. The van der Waals surface area contributed by atoms with E-state index in [4.69, 9.17) is 0 Å². The van der Waals surface area contributed by atoms with Crippen LogP contribution in [0, 0.1) is 5.82 Å². The van der Waals surface area contributed by atoms with E-state index in [1.54, 1.807) is 6.07 Å². The van der Waals surface area contributed by atoms with Gasteiger partial charge in [0.1, 0.15) is 5.82 Å². The summed E-state index contributed by atoms with van der Waals surface area (Å²) in [5.74, 6) is -0.167. The van der Waals surface area contributed by atoms with Crippen molar-refractivity contribution in [3.63, 3.8) is 0 Å². The van der Waals surface area contributed by atoms with Crippen LogP contribution in [0.4, 0.5) is 4.39 Å². The number of carbonyl (C=O) groups excluding carboxylic acids is 1. The van der Waals surface area contributed by atoms with Crippen molar-refractivity contribution in [2.24, 2.45) is 0 Å². The molecule has 2 aliphatic rings. The summed E-state index contributed by atoms with van der Waals surface area (Å²) in [4.78, 5) is 14.9. The third-order valence-electron chi connectivity index (χ3n) is 5.09. The molecular formula is C21H22FNO. The Morgan fingerprint density at radius 2 is 1.83 bits per heavy atom. The molecule has 0 radical (unpaired) electrons. The molecule has 2 aromatic rings. The van der Waals surface area contributed by atoms with Crippen LogP contribution in [0.1, 0.15) is 52.7 Å². The Kier molecular flexibility index (Phi) is 4.09. The summed E-state index contributed by atoms with van der Waals surface area (Å²) in [7, 11) is 0. The second kappa shape index (κ2) is 6.39. The molecule has 0 spiro atoms. The molecular weight excluding hydrogens is 301 g/mol. The van der Waals surface area contributed by atoms with Gasteiger partial charge >= 0.3 is 0 Å². The van der Waals surface area contributed by atoms with Gasteiger partial charge in [-0.1, -0.05) is 18.2 Å². The molecule has 0 atom stereocenters. The largest absolute Gasteiger partial charge is 0.331 e. The van der Waals surface area contributed by atoms with Crippen LogP contribution in [0.15, 0.2) is 42.5 Å². The van der Waals surface area contributed by atoms with E-state index in [-0.39, 0.29) is 11.7 Å². The number of hydrogen-bond acceptors (Lipinski definition) is 1. The van der Waals surface area contributed by atoms with Crippen LogP contribution in [0.2, 0.25) is 0 Å². The van der Waals surface area contributed by atoms with Crippen LogP contribution in [-0.4, -0.2) is 16.8 Å². The Morgan fingerprint density at radius 3 is 2.58 bits per heavy atom. The number of benzene rings is 2. The third kappa shape index (κ3) is 3.21. The molecule has 0 aromatic heterocycles. The summed E-state index contributed by atoms with van der Waals surface area (Å²) in [5.41, 5.74) is 4.35. The van der Waals surface area contributed by atoms with Gasteiger partial charge in [0.2, 0.25) is 0 Å². The first-order valence-corrected chi connectivity index (χ1v) is 8.88. The van der Waals surface area contributed by atoms with Gasteiger partial charge in [-0.15, -0.1) is 0 Å². The number of aryl methyl sites for hydroxylation is 2. The Labute approximate surface area is 142 Å². The average molecular weight is 323 g/mol. The number of amides is 1. The van der Waals surface area contributed by atoms with Crippen LogP contribution >= 0.6 is 0 Å². The second-order valence-electron chi connectivity index (χ2n) is 6.98. The van der Waals surface area contributed by atoms with Gasteiger partial charge in [0.25, 0.3) is 5.91 Å². The number of halogens is 1. The molecule has 3 heteroatoms. The molecule has 1 fully saturated rings. The molecule has 4 rings (SSSR count). The van der Waals surface area contributed by atoms with Crippen molar-refractivity contribution in [1.29, 1.82) is 0 Å². The minimum absolute atomic E-state index is 0.0788. The Balaban J connectivity index is 1.58. The van der Waals surface area contributed by atoms with Gasteiger partial charge in [-0.3, -0.25) is 4.79 Å². The zero-order valence-electron chi connectivity index (χ0n) is 13.8. The topological polar surface area (TPSA) is 20.3 Å². The van der Waals surface area contributed by atoms with Crippen molar-refractivity contribution in [3.05, 3.63) is 70.5 Å². The van der Waals surface area contributed by atoms with Gasteiger partial charge < -0.3 is 4.90 Å². The minimum atomic E-state index is -0.246. The fraction of sp³-hybridized carbons (Fsp3) is 0.381. The van der Waals surface area contributed by atoms with Crippen LogP contribution in [0.5, 0.6) is 0 Å². The van der Waals surface area contributed by atoms with Crippen LogP contribution in [0.3, 0.4) is 0 Å². The van der Waals surface area contributed by atoms with Gasteiger partial charge in [-0.05, 0) is 79.5 Å². The highest BCUT2D eigenvalue weighted by Gasteiger charge is 2.33. The lowest BCUT2D eigenvalue weighted by atomic mass is 9.90. The lowest BCUT2D eigenvalue weighted by molar-refractivity contribution is 0.0729. The highest BCUT2D eigenvalue weighted by atomic mass is 19.1. The van der Waals surface area contributed by atoms with Crippen molar-refractivity contribution in [3.8, 4) is 0 Å². The average Bonchev–Trinajstić information content (AvgIpc) is 3.44. The fourth-order valence-corrected chi connectivity index (χ4v) is 3.62. The zero-order valence-corrected chi connectivity index (χ0v) is 13.8. The molecule has 124 valence electrons. The van der Waals surface area contributed by atoms with Crippen LogP contribution in [0.25, 0.3) is 0 Å². The summed E-state index contributed by atoms with van der Waals surface area (Å²) in [6, 6.07) is 13.0. The molecule has 0 heterocycles. The molecule has 0 unspecified atom stereocenters. The quantitative estimate of drug-likeness (QED) is 0.811. The molecule has 24 heavy (non-hydrogen) atoms. The van der Waals surface area contributed by atoms with E-state index in [2.05, 4.69) is 12.1 Å². The van der Waals surface area contributed by atoms with Gasteiger partial charge in [-0.2, -0.15) is 0 Å². The number of rotatable bonds is 4. The van der Waals surface area contributed by atoms with Crippen molar-refractivity contribution in [1.82, 2.24) is 4.90 Å². The van der Waals surface area contributed by atoms with E-state index >= 15 is 0 Å². The molecule has 2 aromatic carbocycles. The second-order valence-corrected chi connectivity index (χ2v) is 6.98.